The third-order valence-corrected chi connectivity index (χ3v) is 30.7. The molecular formula is C91H118N14O8. The number of ketones is 1. The largest absolute Gasteiger partial charge is 0.331 e. The summed E-state index contributed by atoms with van der Waals surface area (Å²) in [6.07, 6.45) is 47.3. The lowest BCUT2D eigenvalue weighted by molar-refractivity contribution is -0.121. The van der Waals surface area contributed by atoms with Crippen molar-refractivity contribution in [2.24, 2.45) is 35.5 Å². The molecule has 2 N–H and O–H groups in total. The lowest BCUT2D eigenvalue weighted by Gasteiger charge is -2.55. The zero-order chi connectivity index (χ0) is 77.1. The van der Waals surface area contributed by atoms with Crippen LogP contribution in [0.25, 0.3) is 33.1 Å². The Morgan fingerprint density at radius 3 is 1.12 bits per heavy atom. The molecule has 9 aliphatic heterocycles. The second-order valence-electron chi connectivity index (χ2n) is 38.3. The molecule has 12 bridgehead atoms. The van der Waals surface area contributed by atoms with E-state index in [2.05, 4.69) is 35.3 Å². The number of urea groups is 2. The van der Waals surface area contributed by atoms with Gasteiger partial charge in [0.2, 0.25) is 23.4 Å². The summed E-state index contributed by atoms with van der Waals surface area (Å²) in [4.78, 5) is 132. The van der Waals surface area contributed by atoms with Crippen LogP contribution in [0.1, 0.15) is 270 Å². The average Bonchev–Trinajstić information content (AvgIpc) is 1.74. The molecule has 19 atom stereocenters. The molecule has 6 amide bonds. The number of carbonyl (C=O) groups excluding carboxylic acids is 5. The van der Waals surface area contributed by atoms with Crippen molar-refractivity contribution in [3.8, 4) is 0 Å². The Bertz CT molecular complexity index is 4820. The number of Topliss-reactive ketones (excluding diaryl/α,β-unsaturated/α-hetero) is 1. The van der Waals surface area contributed by atoms with Gasteiger partial charge in [-0.2, -0.15) is 0 Å². The number of nitrogens with zero attached hydrogens (tertiary/aromatic N) is 12. The van der Waals surface area contributed by atoms with Crippen LogP contribution in [0, 0.1) is 35.5 Å². The van der Waals surface area contributed by atoms with Gasteiger partial charge in [0.15, 0.2) is 0 Å². The zero-order valence-corrected chi connectivity index (χ0v) is 66.8. The minimum atomic E-state index is -1.07. The number of fused-ring (bicyclic) bond motifs is 15. The number of imide groups is 1. The number of amides is 6. The number of benzene rings is 3. The highest BCUT2D eigenvalue weighted by Gasteiger charge is 2.52. The van der Waals surface area contributed by atoms with E-state index < -0.39 is 23.5 Å². The van der Waals surface area contributed by atoms with E-state index >= 15 is 0 Å². The van der Waals surface area contributed by atoms with Crippen LogP contribution in [0.4, 0.5) is 27.0 Å². The van der Waals surface area contributed by atoms with Gasteiger partial charge in [-0.3, -0.25) is 48.4 Å². The third-order valence-electron chi connectivity index (χ3n) is 30.7. The van der Waals surface area contributed by atoms with E-state index in [1.807, 2.05) is 86.5 Å². The Kier molecular flexibility index (Phi) is 20.6. The number of carbonyl (C=O) groups is 5. The van der Waals surface area contributed by atoms with Crippen LogP contribution in [-0.4, -0.2) is 146 Å². The first-order valence-corrected chi connectivity index (χ1v) is 44.5. The molecule has 21 rings (SSSR count). The van der Waals surface area contributed by atoms with Gasteiger partial charge in [0.1, 0.15) is 11.3 Å². The Hall–Kier alpha value is -7.95. The van der Waals surface area contributed by atoms with E-state index in [-0.39, 0.29) is 70.6 Å². The molecule has 6 aromatic rings. The maximum absolute atomic E-state index is 14.2. The molecule has 15 aliphatic rings. The van der Waals surface area contributed by atoms with Crippen molar-refractivity contribution < 1.29 is 24.0 Å². The molecule has 6 aliphatic carbocycles. The molecule has 3 aromatic carbocycles. The molecule has 7 unspecified atom stereocenters. The predicted molar refractivity (Wildman–Crippen MR) is 439 cm³/mol. The second-order valence-corrected chi connectivity index (χ2v) is 38.3. The predicted octanol–water partition coefficient (Wildman–Crippen LogP) is 15.1. The summed E-state index contributed by atoms with van der Waals surface area (Å²) in [5.74, 6) is 5.48. The van der Waals surface area contributed by atoms with Crippen LogP contribution in [0.3, 0.4) is 0 Å². The minimum Gasteiger partial charge on any atom is -0.331 e. The Morgan fingerprint density at radius 2 is 0.761 bits per heavy atom. The Balaban J connectivity index is 0.000000114. The minimum absolute atomic E-state index is 0.00270. The van der Waals surface area contributed by atoms with E-state index in [9.17, 15) is 38.4 Å². The van der Waals surface area contributed by atoms with Gasteiger partial charge in [-0.25, -0.2) is 34.3 Å². The molecule has 0 radical (unpaired) electrons. The number of hydrogen-bond donors (Lipinski definition) is 2. The third kappa shape index (κ3) is 14.3. The first-order chi connectivity index (χ1) is 54.9. The van der Waals surface area contributed by atoms with Crippen molar-refractivity contribution in [3.05, 3.63) is 116 Å². The fraction of sp³-hybridized carbons (Fsp3) is 0.659. The zero-order valence-electron chi connectivity index (χ0n) is 66.8. The van der Waals surface area contributed by atoms with Gasteiger partial charge >= 0.3 is 12.1 Å². The molecule has 22 heteroatoms. The number of rotatable bonds is 11. The number of piperidine rings is 6. The molecule has 22 nitrogen and oxygen atoms in total. The van der Waals surface area contributed by atoms with Crippen molar-refractivity contribution in [1.82, 2.24) is 54.0 Å². The summed E-state index contributed by atoms with van der Waals surface area (Å²) in [6.45, 7) is 5.43. The average molecular weight is 1540 g/mol. The smallest absolute Gasteiger partial charge is 0.331 e. The van der Waals surface area contributed by atoms with Crippen LogP contribution in [-0.2, 0) is 14.4 Å². The number of aromatic nitrogens is 6. The molecule has 113 heavy (non-hydrogen) atoms. The van der Waals surface area contributed by atoms with E-state index in [1.165, 1.54) is 185 Å². The quantitative estimate of drug-likeness (QED) is 0.115. The van der Waals surface area contributed by atoms with Gasteiger partial charge in [-0.05, 0) is 240 Å². The van der Waals surface area contributed by atoms with Gasteiger partial charge in [-0.1, -0.05) is 113 Å². The van der Waals surface area contributed by atoms with Crippen molar-refractivity contribution in [2.75, 3.05) is 21.2 Å². The molecule has 600 valence electrons. The number of hydrogen-bond acceptors (Lipinski definition) is 14. The normalized spacial score (nSPS) is 34.8. The maximum atomic E-state index is 14.2. The summed E-state index contributed by atoms with van der Waals surface area (Å²) in [7, 11) is 0. The van der Waals surface area contributed by atoms with Crippen molar-refractivity contribution >= 4 is 80.2 Å². The summed E-state index contributed by atoms with van der Waals surface area (Å²) in [5.41, 5.74) is 3.06. The summed E-state index contributed by atoms with van der Waals surface area (Å²) >= 11 is 0. The lowest BCUT2D eigenvalue weighted by atomic mass is 9.68. The molecule has 0 spiro atoms. The lowest BCUT2D eigenvalue weighted by Crippen LogP contribution is -2.58. The first-order valence-electron chi connectivity index (χ1n) is 44.5. The Labute approximate surface area is 663 Å². The number of para-hydroxylation sites is 6. The molecule has 8 saturated heterocycles. The fourth-order valence-electron chi connectivity index (χ4n) is 26.3. The van der Waals surface area contributed by atoms with Gasteiger partial charge in [0, 0.05) is 98.1 Å². The first kappa shape index (κ1) is 75.1. The summed E-state index contributed by atoms with van der Waals surface area (Å²) in [5, 5.41) is 5.55. The number of anilines is 3. The highest BCUT2D eigenvalue weighted by molar-refractivity contribution is 6.22. The molecule has 14 fully saturated rings. The van der Waals surface area contributed by atoms with Crippen LogP contribution in [0.5, 0.6) is 0 Å². The SMILES string of the molecule is CC(=O)CC1C=CN(c2nc3ccccc3n(C3C[C@H]4CCC[C@@H](C3)N4C3C[C@H]4CCC[C@@H](C3)C4)c2=O)C(=O)N1.CC1(C)NC(=O)N(c2nc3ccccc3n(C3C[C@H]4CCC[C@@H](C3)N4C3C[C@H]4CCC[C@@H](C3)C4)c2=O)C1=O.O=C1CCCN1c1nc2ccccc2n(C2C[C@H]3CCC[C@@H](C2)N3C2C[C@H]3CCC[C@@H](C2)C3)c1=O. The Morgan fingerprint density at radius 1 is 0.407 bits per heavy atom. The van der Waals surface area contributed by atoms with Crippen LogP contribution < -0.4 is 42.0 Å². The molecule has 3 aromatic heterocycles. The highest BCUT2D eigenvalue weighted by atomic mass is 16.2. The summed E-state index contributed by atoms with van der Waals surface area (Å²) < 4.78 is 5.88. The van der Waals surface area contributed by atoms with E-state index in [0.29, 0.717) is 72.6 Å². The monoisotopic (exact) mass is 1530 g/mol. The van der Waals surface area contributed by atoms with Gasteiger partial charge in [0.25, 0.3) is 22.6 Å². The molecule has 12 heterocycles. The van der Waals surface area contributed by atoms with Crippen LogP contribution in [0.15, 0.2) is 99.5 Å². The van der Waals surface area contributed by atoms with Crippen molar-refractivity contribution in [1.29, 1.82) is 0 Å². The standard InChI is InChI=1S/C32H41N5O3.C30H39N5O3.C29H38N4O2/c1-20(38)14-23-12-13-35(32(40)33-23)30-31(39)37(29-11-3-2-10-28(29)34-30)27-18-24-8-5-9-25(19-27)36(24)26-16-21-6-4-7-22(15-21)17-26;1-30(2)28(37)35(29(38)32-30)26-27(36)34(25-12-4-3-11-24(25)31-26)23-16-20-9-6-10-21(17-23)33(20)22-14-18-7-5-8-19(13-18)15-22;34-27-12-5-13-31(27)28-29(35)33(26-11-2-1-10-25(26)30-28)24-17-21-8-4-9-22(18-24)32(21)23-15-19-6-3-7-20(14-19)16-23/h2-3,10-13,21-27H,4-9,14-19H2,1H3,(H,33,40);3-4,11-12,18-23H,5-10,13-17H2,1-2H3,(H,32,38);1-2,10-11,19-24H,3-9,12-18H2/t21-,22+,23?,24-,25+,26?,27?;18-,19+,20-,21+,22?,23?;19-,20+,21-,22+,23?,24?. The molecule has 6 saturated carbocycles. The second kappa shape index (κ2) is 30.9. The van der Waals surface area contributed by atoms with Gasteiger partial charge in [0.05, 0.1) is 39.1 Å². The van der Waals surface area contributed by atoms with Crippen molar-refractivity contribution in [2.45, 2.75) is 336 Å². The maximum Gasteiger partial charge on any atom is 0.331 e. The summed E-state index contributed by atoms with van der Waals surface area (Å²) in [6, 6.07) is 27.7. The van der Waals surface area contributed by atoms with Gasteiger partial charge < -0.3 is 24.3 Å². The van der Waals surface area contributed by atoms with Crippen LogP contribution in [0.2, 0.25) is 0 Å². The van der Waals surface area contributed by atoms with Gasteiger partial charge in [-0.15, -0.1) is 0 Å². The van der Waals surface area contributed by atoms with E-state index in [1.54, 1.807) is 31.0 Å². The van der Waals surface area contributed by atoms with Crippen LogP contribution >= 0.6 is 0 Å². The van der Waals surface area contributed by atoms with E-state index in [4.69, 9.17) is 4.98 Å². The topological polar surface area (TPSA) is 234 Å². The fourth-order valence-corrected chi connectivity index (χ4v) is 26.3. The van der Waals surface area contributed by atoms with E-state index in [0.717, 1.165) is 119 Å². The van der Waals surface area contributed by atoms with Crippen molar-refractivity contribution in [3.63, 3.8) is 0 Å². The number of nitrogens with one attached hydrogen (secondary N) is 2. The highest BCUT2D eigenvalue weighted by Crippen LogP contribution is 2.52. The molecular weight excluding hydrogens is 1420 g/mol.